The number of carbonyl (C=O) groups is 1. The van der Waals surface area contributed by atoms with Crippen molar-refractivity contribution in [3.63, 3.8) is 0 Å². The Labute approximate surface area is 121 Å². The standard InChI is InChI=1S/C16H14N2O3/c1-18-10-17-8-12(18)9-21-14-7-6-11-4-2-3-5-13(11)15(14)16(19)20/h2-8,10H,9H2,1H3,(H,19,20). The Balaban J connectivity index is 2.00. The molecule has 0 atom stereocenters. The lowest BCUT2D eigenvalue weighted by Gasteiger charge is -2.11. The first-order valence-electron chi connectivity index (χ1n) is 6.50. The number of benzene rings is 2. The first kappa shape index (κ1) is 13.2. The van der Waals surface area contributed by atoms with E-state index in [0.717, 1.165) is 11.1 Å². The molecule has 0 radical (unpaired) electrons. The molecule has 0 aliphatic rings. The van der Waals surface area contributed by atoms with Crippen LogP contribution in [0, 0.1) is 0 Å². The highest BCUT2D eigenvalue weighted by atomic mass is 16.5. The van der Waals surface area contributed by atoms with Gasteiger partial charge in [0, 0.05) is 7.05 Å². The molecule has 5 nitrogen and oxygen atoms in total. The van der Waals surface area contributed by atoms with E-state index in [1.807, 2.05) is 35.9 Å². The van der Waals surface area contributed by atoms with Crippen molar-refractivity contribution in [1.82, 2.24) is 9.55 Å². The number of hydrogen-bond acceptors (Lipinski definition) is 3. The van der Waals surface area contributed by atoms with Crippen LogP contribution in [0.3, 0.4) is 0 Å². The second-order valence-electron chi connectivity index (χ2n) is 4.75. The summed E-state index contributed by atoms with van der Waals surface area (Å²) in [4.78, 5) is 15.6. The van der Waals surface area contributed by atoms with Crippen molar-refractivity contribution < 1.29 is 14.6 Å². The Hall–Kier alpha value is -2.82. The Morgan fingerprint density at radius 3 is 2.81 bits per heavy atom. The molecule has 5 heteroatoms. The van der Waals surface area contributed by atoms with Gasteiger partial charge in [0.25, 0.3) is 0 Å². The second-order valence-corrected chi connectivity index (χ2v) is 4.75. The van der Waals surface area contributed by atoms with Crippen molar-refractivity contribution in [1.29, 1.82) is 0 Å². The van der Waals surface area contributed by atoms with Crippen LogP contribution in [0.4, 0.5) is 0 Å². The maximum Gasteiger partial charge on any atom is 0.340 e. The van der Waals surface area contributed by atoms with Crippen molar-refractivity contribution in [2.75, 3.05) is 0 Å². The first-order chi connectivity index (χ1) is 10.2. The van der Waals surface area contributed by atoms with Crippen LogP contribution >= 0.6 is 0 Å². The minimum atomic E-state index is -0.994. The third-order valence-corrected chi connectivity index (χ3v) is 3.40. The molecule has 3 rings (SSSR count). The summed E-state index contributed by atoms with van der Waals surface area (Å²) in [7, 11) is 1.87. The van der Waals surface area contributed by atoms with E-state index in [4.69, 9.17) is 4.74 Å². The van der Waals surface area contributed by atoms with Gasteiger partial charge in [-0.15, -0.1) is 0 Å². The highest BCUT2D eigenvalue weighted by molar-refractivity contribution is 6.06. The summed E-state index contributed by atoms with van der Waals surface area (Å²) in [5.41, 5.74) is 1.06. The van der Waals surface area contributed by atoms with Crippen molar-refractivity contribution in [3.05, 3.63) is 60.2 Å². The molecule has 0 bridgehead atoms. The molecule has 0 saturated carbocycles. The van der Waals surface area contributed by atoms with Crippen LogP contribution in [-0.2, 0) is 13.7 Å². The zero-order valence-electron chi connectivity index (χ0n) is 11.5. The zero-order chi connectivity index (χ0) is 14.8. The summed E-state index contributed by atoms with van der Waals surface area (Å²) in [6.07, 6.45) is 3.37. The number of carboxylic acids is 1. The predicted octanol–water partition coefficient (Wildman–Crippen LogP) is 2.85. The number of aromatic nitrogens is 2. The number of aryl methyl sites for hydroxylation is 1. The molecule has 3 aromatic rings. The summed E-state index contributed by atoms with van der Waals surface area (Å²) < 4.78 is 7.52. The number of carboxylic acid groups (broad SMARTS) is 1. The van der Waals surface area contributed by atoms with Crippen LogP contribution < -0.4 is 4.74 Å². The maximum absolute atomic E-state index is 11.6. The van der Waals surface area contributed by atoms with E-state index >= 15 is 0 Å². The molecule has 21 heavy (non-hydrogen) atoms. The average molecular weight is 282 g/mol. The summed E-state index contributed by atoms with van der Waals surface area (Å²) in [5, 5.41) is 11.0. The second kappa shape index (κ2) is 5.28. The molecule has 0 amide bonds. The van der Waals surface area contributed by atoms with Crippen molar-refractivity contribution >= 4 is 16.7 Å². The third kappa shape index (κ3) is 2.45. The molecule has 0 unspecified atom stereocenters. The van der Waals surface area contributed by atoms with Crippen LogP contribution in [0.2, 0.25) is 0 Å². The number of fused-ring (bicyclic) bond motifs is 1. The van der Waals surface area contributed by atoms with E-state index in [2.05, 4.69) is 4.98 Å². The van der Waals surface area contributed by atoms with Gasteiger partial charge in [-0.05, 0) is 16.8 Å². The van der Waals surface area contributed by atoms with Gasteiger partial charge in [0.05, 0.1) is 18.2 Å². The molecule has 0 saturated heterocycles. The van der Waals surface area contributed by atoms with Gasteiger partial charge >= 0.3 is 5.97 Å². The molecule has 1 aromatic heterocycles. The maximum atomic E-state index is 11.6. The van der Waals surface area contributed by atoms with Gasteiger partial charge in [-0.25, -0.2) is 9.78 Å². The van der Waals surface area contributed by atoms with E-state index in [-0.39, 0.29) is 12.2 Å². The third-order valence-electron chi connectivity index (χ3n) is 3.40. The zero-order valence-corrected chi connectivity index (χ0v) is 11.5. The van der Waals surface area contributed by atoms with Crippen molar-refractivity contribution in [2.45, 2.75) is 6.61 Å². The quantitative estimate of drug-likeness (QED) is 0.799. The van der Waals surface area contributed by atoms with E-state index < -0.39 is 5.97 Å². The minimum absolute atomic E-state index is 0.190. The lowest BCUT2D eigenvalue weighted by atomic mass is 10.0. The summed E-state index contributed by atoms with van der Waals surface area (Å²) >= 11 is 0. The Bertz CT molecular complexity index is 808. The van der Waals surface area contributed by atoms with E-state index in [1.54, 1.807) is 24.7 Å². The van der Waals surface area contributed by atoms with Crippen LogP contribution in [-0.4, -0.2) is 20.6 Å². The summed E-state index contributed by atoms with van der Waals surface area (Å²) in [6.45, 7) is 0.273. The molecular weight excluding hydrogens is 268 g/mol. The fourth-order valence-electron chi connectivity index (χ4n) is 2.27. The number of aromatic carboxylic acids is 1. The van der Waals surface area contributed by atoms with E-state index in [0.29, 0.717) is 11.1 Å². The van der Waals surface area contributed by atoms with E-state index in [1.165, 1.54) is 0 Å². The Kier molecular flexibility index (Phi) is 3.31. The average Bonchev–Trinajstić information content (AvgIpc) is 2.89. The number of nitrogens with zero attached hydrogens (tertiary/aromatic N) is 2. The molecular formula is C16H14N2O3. The van der Waals surface area contributed by atoms with Gasteiger partial charge in [0.15, 0.2) is 0 Å². The predicted molar refractivity (Wildman–Crippen MR) is 78.4 cm³/mol. The van der Waals surface area contributed by atoms with Gasteiger partial charge in [-0.3, -0.25) is 0 Å². The van der Waals surface area contributed by atoms with Crippen molar-refractivity contribution in [3.8, 4) is 5.75 Å². The molecule has 0 fully saturated rings. The minimum Gasteiger partial charge on any atom is -0.486 e. The molecule has 0 aliphatic carbocycles. The van der Waals surface area contributed by atoms with Gasteiger partial charge in [0.2, 0.25) is 0 Å². The topological polar surface area (TPSA) is 64.4 Å². The number of rotatable bonds is 4. The van der Waals surface area contributed by atoms with Crippen LogP contribution in [0.1, 0.15) is 16.1 Å². The fourth-order valence-corrected chi connectivity index (χ4v) is 2.27. The molecule has 2 aromatic carbocycles. The number of hydrogen-bond donors (Lipinski definition) is 1. The van der Waals surface area contributed by atoms with Crippen LogP contribution in [0.5, 0.6) is 5.75 Å². The number of ether oxygens (including phenoxy) is 1. The largest absolute Gasteiger partial charge is 0.486 e. The van der Waals surface area contributed by atoms with Gasteiger partial charge in [0.1, 0.15) is 17.9 Å². The molecule has 106 valence electrons. The SMILES string of the molecule is Cn1cncc1COc1ccc2ccccc2c1C(=O)O. The molecule has 1 heterocycles. The molecule has 0 spiro atoms. The molecule has 1 N–H and O–H groups in total. The highest BCUT2D eigenvalue weighted by Crippen LogP contribution is 2.28. The monoisotopic (exact) mass is 282 g/mol. The normalized spacial score (nSPS) is 10.7. The van der Waals surface area contributed by atoms with Crippen LogP contribution in [0.15, 0.2) is 48.9 Å². The highest BCUT2D eigenvalue weighted by Gasteiger charge is 2.16. The first-order valence-corrected chi connectivity index (χ1v) is 6.50. The van der Waals surface area contributed by atoms with Gasteiger partial charge in [-0.2, -0.15) is 0 Å². The Morgan fingerprint density at radius 2 is 2.10 bits per heavy atom. The molecule has 0 aliphatic heterocycles. The smallest absolute Gasteiger partial charge is 0.340 e. The van der Waals surface area contributed by atoms with Gasteiger partial charge in [-0.1, -0.05) is 30.3 Å². The summed E-state index contributed by atoms with van der Waals surface area (Å²) in [5.74, 6) is -0.630. The lowest BCUT2D eigenvalue weighted by molar-refractivity contribution is 0.0694. The van der Waals surface area contributed by atoms with Crippen LogP contribution in [0.25, 0.3) is 10.8 Å². The summed E-state index contributed by atoms with van der Waals surface area (Å²) in [6, 6.07) is 10.9. The Morgan fingerprint density at radius 1 is 1.29 bits per heavy atom. The fraction of sp³-hybridized carbons (Fsp3) is 0.125. The number of imidazole rings is 1. The van der Waals surface area contributed by atoms with E-state index in [9.17, 15) is 9.90 Å². The lowest BCUT2D eigenvalue weighted by Crippen LogP contribution is -2.06. The van der Waals surface area contributed by atoms with Crippen molar-refractivity contribution in [2.24, 2.45) is 7.05 Å². The van der Waals surface area contributed by atoms with Gasteiger partial charge < -0.3 is 14.4 Å².